The van der Waals surface area contributed by atoms with Crippen molar-refractivity contribution >= 4 is 11.8 Å². The Morgan fingerprint density at radius 1 is 1.20 bits per heavy atom. The van der Waals surface area contributed by atoms with Crippen LogP contribution in [0.4, 0.5) is 11.8 Å². The van der Waals surface area contributed by atoms with Gasteiger partial charge in [0, 0.05) is 30.9 Å². The third-order valence-corrected chi connectivity index (χ3v) is 4.53. The molecule has 0 bridgehead atoms. The van der Waals surface area contributed by atoms with Crippen molar-refractivity contribution < 1.29 is 5.11 Å². The second kappa shape index (κ2) is 8.25. The zero-order valence-corrected chi connectivity index (χ0v) is 14.9. The van der Waals surface area contributed by atoms with Crippen molar-refractivity contribution in [1.82, 2.24) is 15.0 Å². The van der Waals surface area contributed by atoms with Crippen molar-refractivity contribution in [3.63, 3.8) is 0 Å². The topological polar surface area (TPSA) is 83.0 Å². The minimum absolute atomic E-state index is 0.0425. The van der Waals surface area contributed by atoms with Gasteiger partial charge in [0.15, 0.2) is 0 Å². The van der Waals surface area contributed by atoms with Crippen LogP contribution in [0.1, 0.15) is 43.9 Å². The van der Waals surface area contributed by atoms with Crippen LogP contribution in [0.5, 0.6) is 0 Å². The van der Waals surface area contributed by atoms with Crippen molar-refractivity contribution in [3.8, 4) is 0 Å². The molecule has 1 fully saturated rings. The molecule has 6 heteroatoms. The van der Waals surface area contributed by atoms with Crippen molar-refractivity contribution in [3.05, 3.63) is 41.9 Å². The third-order valence-electron chi connectivity index (χ3n) is 4.53. The van der Waals surface area contributed by atoms with Crippen LogP contribution in [0.15, 0.2) is 30.6 Å². The van der Waals surface area contributed by atoms with Gasteiger partial charge < -0.3 is 15.7 Å². The number of hydrogen-bond acceptors (Lipinski definition) is 6. The van der Waals surface area contributed by atoms with Crippen LogP contribution in [0.25, 0.3) is 0 Å². The molecule has 3 N–H and O–H groups in total. The number of pyridine rings is 1. The summed E-state index contributed by atoms with van der Waals surface area (Å²) in [5.74, 6) is 2.30. The molecule has 1 saturated carbocycles. The lowest BCUT2D eigenvalue weighted by Gasteiger charge is -2.20. The molecule has 1 atom stereocenters. The highest BCUT2D eigenvalue weighted by molar-refractivity contribution is 5.44. The lowest BCUT2D eigenvalue weighted by atomic mass is 10.1. The lowest BCUT2D eigenvalue weighted by Crippen LogP contribution is -2.30. The van der Waals surface area contributed by atoms with Crippen LogP contribution in [0.2, 0.25) is 0 Å². The zero-order valence-electron chi connectivity index (χ0n) is 14.9. The molecule has 3 rings (SSSR count). The Labute approximate surface area is 149 Å². The van der Waals surface area contributed by atoms with E-state index >= 15 is 0 Å². The first-order chi connectivity index (χ1) is 12.2. The average Bonchev–Trinajstić information content (AvgIpc) is 3.45. The number of aliphatic hydroxyl groups excluding tert-OH is 1. The highest BCUT2D eigenvalue weighted by Crippen LogP contribution is 2.39. The summed E-state index contributed by atoms with van der Waals surface area (Å²) in [4.78, 5) is 13.3. The van der Waals surface area contributed by atoms with Crippen molar-refractivity contribution in [2.24, 2.45) is 5.92 Å². The Bertz CT molecular complexity index is 673. The van der Waals surface area contributed by atoms with Crippen molar-refractivity contribution in [1.29, 1.82) is 0 Å². The van der Waals surface area contributed by atoms with E-state index < -0.39 is 0 Å². The minimum atomic E-state index is -0.0425. The standard InChI is InChI=1S/C19H27N5O/c1-13(2)17(12-25)23-19-22-16(15-3-4-15)11-18(24-19)21-10-7-14-5-8-20-9-6-14/h5-6,8-9,11,13,15,17,25H,3-4,7,10,12H2,1-2H3,(H2,21,22,23,24)/t17-/m0/s1. The number of nitrogens with one attached hydrogen (secondary N) is 2. The smallest absolute Gasteiger partial charge is 0.225 e. The van der Waals surface area contributed by atoms with E-state index in [2.05, 4.69) is 45.5 Å². The van der Waals surface area contributed by atoms with Crippen LogP contribution in [-0.4, -0.2) is 39.3 Å². The van der Waals surface area contributed by atoms with Gasteiger partial charge in [-0.15, -0.1) is 0 Å². The minimum Gasteiger partial charge on any atom is -0.394 e. The van der Waals surface area contributed by atoms with E-state index in [4.69, 9.17) is 0 Å². The summed E-state index contributed by atoms with van der Waals surface area (Å²) in [5, 5.41) is 16.2. The van der Waals surface area contributed by atoms with E-state index in [-0.39, 0.29) is 12.6 Å². The van der Waals surface area contributed by atoms with E-state index in [1.807, 2.05) is 24.5 Å². The molecule has 2 heterocycles. The van der Waals surface area contributed by atoms with Crippen molar-refractivity contribution in [2.45, 2.75) is 45.1 Å². The Morgan fingerprint density at radius 2 is 1.96 bits per heavy atom. The van der Waals surface area contributed by atoms with Crippen molar-refractivity contribution in [2.75, 3.05) is 23.8 Å². The van der Waals surface area contributed by atoms with Crippen LogP contribution in [0.3, 0.4) is 0 Å². The molecular formula is C19H27N5O. The molecule has 1 aliphatic rings. The second-order valence-corrected chi connectivity index (χ2v) is 6.99. The fraction of sp³-hybridized carbons (Fsp3) is 0.526. The summed E-state index contributed by atoms with van der Waals surface area (Å²) < 4.78 is 0. The molecule has 1 aliphatic carbocycles. The summed E-state index contributed by atoms with van der Waals surface area (Å²) in [6, 6.07) is 6.06. The predicted molar refractivity (Wildman–Crippen MR) is 99.8 cm³/mol. The quantitative estimate of drug-likeness (QED) is 0.650. The van der Waals surface area contributed by atoms with E-state index in [9.17, 15) is 5.11 Å². The fourth-order valence-corrected chi connectivity index (χ4v) is 2.68. The molecule has 0 amide bonds. The number of rotatable bonds is 9. The molecular weight excluding hydrogens is 314 g/mol. The SMILES string of the molecule is CC(C)[C@H](CO)Nc1nc(NCCc2ccncc2)cc(C2CC2)n1. The molecule has 0 aromatic carbocycles. The Morgan fingerprint density at radius 3 is 2.60 bits per heavy atom. The van der Waals surface area contributed by atoms with Gasteiger partial charge in [0.25, 0.3) is 0 Å². The fourth-order valence-electron chi connectivity index (χ4n) is 2.68. The van der Waals surface area contributed by atoms with Gasteiger partial charge in [-0.1, -0.05) is 13.8 Å². The Hall–Kier alpha value is -2.21. The number of hydrogen-bond donors (Lipinski definition) is 3. The van der Waals surface area contributed by atoms with E-state index in [1.165, 1.54) is 18.4 Å². The normalized spacial score (nSPS) is 15.2. The van der Waals surface area contributed by atoms with Gasteiger partial charge in [-0.25, -0.2) is 4.98 Å². The molecule has 0 radical (unpaired) electrons. The van der Waals surface area contributed by atoms with Gasteiger partial charge in [0.1, 0.15) is 5.82 Å². The maximum absolute atomic E-state index is 9.55. The van der Waals surface area contributed by atoms with Crippen LogP contribution >= 0.6 is 0 Å². The summed E-state index contributed by atoms with van der Waals surface area (Å²) in [6.45, 7) is 5.02. The third kappa shape index (κ3) is 5.13. The predicted octanol–water partition coefficient (Wildman–Crippen LogP) is 2.83. The highest BCUT2D eigenvalue weighted by atomic mass is 16.3. The maximum Gasteiger partial charge on any atom is 0.225 e. The van der Waals surface area contributed by atoms with Gasteiger partial charge in [0.05, 0.1) is 18.3 Å². The molecule has 134 valence electrons. The zero-order chi connectivity index (χ0) is 17.6. The maximum atomic E-state index is 9.55. The van der Waals surface area contributed by atoms with Crippen LogP contribution < -0.4 is 10.6 Å². The first kappa shape index (κ1) is 17.6. The molecule has 2 aromatic rings. The molecule has 0 aliphatic heterocycles. The van der Waals surface area contributed by atoms with Gasteiger partial charge in [-0.2, -0.15) is 4.98 Å². The van der Waals surface area contributed by atoms with Gasteiger partial charge in [0.2, 0.25) is 5.95 Å². The van der Waals surface area contributed by atoms with Crippen LogP contribution in [0, 0.1) is 5.92 Å². The average molecular weight is 341 g/mol. The molecule has 0 spiro atoms. The van der Waals surface area contributed by atoms with Gasteiger partial charge in [-0.05, 0) is 42.9 Å². The van der Waals surface area contributed by atoms with E-state index in [0.29, 0.717) is 17.8 Å². The summed E-state index contributed by atoms with van der Waals surface area (Å²) in [5.41, 5.74) is 2.34. The second-order valence-electron chi connectivity index (χ2n) is 6.99. The van der Waals surface area contributed by atoms with Crippen LogP contribution in [-0.2, 0) is 6.42 Å². The molecule has 6 nitrogen and oxygen atoms in total. The number of aliphatic hydroxyl groups is 1. The van der Waals surface area contributed by atoms with E-state index in [0.717, 1.165) is 24.5 Å². The molecule has 2 aromatic heterocycles. The first-order valence-electron chi connectivity index (χ1n) is 9.05. The number of nitrogens with zero attached hydrogens (tertiary/aromatic N) is 3. The van der Waals surface area contributed by atoms with Gasteiger partial charge in [-0.3, -0.25) is 4.98 Å². The Balaban J connectivity index is 1.67. The first-order valence-corrected chi connectivity index (χ1v) is 9.05. The lowest BCUT2D eigenvalue weighted by molar-refractivity contribution is 0.248. The highest BCUT2D eigenvalue weighted by Gasteiger charge is 2.26. The van der Waals surface area contributed by atoms with E-state index in [1.54, 1.807) is 0 Å². The Kier molecular flexibility index (Phi) is 5.81. The number of aromatic nitrogens is 3. The monoisotopic (exact) mass is 341 g/mol. The summed E-state index contributed by atoms with van der Waals surface area (Å²) in [7, 11) is 0. The molecule has 0 saturated heterocycles. The molecule has 25 heavy (non-hydrogen) atoms. The number of anilines is 2. The largest absolute Gasteiger partial charge is 0.394 e. The summed E-state index contributed by atoms with van der Waals surface area (Å²) >= 11 is 0. The molecule has 0 unspecified atom stereocenters. The summed E-state index contributed by atoms with van der Waals surface area (Å²) in [6.07, 6.45) is 6.93. The van der Waals surface area contributed by atoms with Gasteiger partial charge >= 0.3 is 0 Å².